The molecule has 0 saturated carbocycles. The minimum Gasteiger partial charge on any atom is -0.497 e. The Kier molecular flexibility index (Phi) is 7.64. The zero-order valence-electron chi connectivity index (χ0n) is 16.7. The summed E-state index contributed by atoms with van der Waals surface area (Å²) < 4.78 is 5.14. The number of amides is 1. The Hall–Kier alpha value is -2.86. The third-order valence-corrected chi connectivity index (χ3v) is 5.46. The number of aromatic nitrogens is 2. The van der Waals surface area contributed by atoms with Crippen LogP contribution in [0.15, 0.2) is 65.7 Å². The molecule has 29 heavy (non-hydrogen) atoms. The van der Waals surface area contributed by atoms with Gasteiger partial charge in [0.05, 0.1) is 18.6 Å². The van der Waals surface area contributed by atoms with Crippen molar-refractivity contribution >= 4 is 17.7 Å². The number of rotatable bonds is 9. The summed E-state index contributed by atoms with van der Waals surface area (Å²) in [6, 6.07) is 20.0. The van der Waals surface area contributed by atoms with Crippen molar-refractivity contribution in [2.45, 2.75) is 24.8 Å². The third-order valence-electron chi connectivity index (χ3n) is 4.54. The van der Waals surface area contributed by atoms with Gasteiger partial charge in [0.25, 0.3) is 0 Å². The van der Waals surface area contributed by atoms with Crippen LogP contribution in [0.5, 0.6) is 5.75 Å². The molecule has 0 aliphatic carbocycles. The number of aryl methyl sites for hydroxylation is 1. The number of hydrogen-bond acceptors (Lipinski definition) is 5. The van der Waals surface area contributed by atoms with Gasteiger partial charge in [-0.1, -0.05) is 55.1 Å². The Labute approximate surface area is 175 Å². The molecule has 2 aromatic carbocycles. The van der Waals surface area contributed by atoms with E-state index in [2.05, 4.69) is 46.7 Å². The van der Waals surface area contributed by atoms with Crippen LogP contribution in [0, 0.1) is 0 Å². The van der Waals surface area contributed by atoms with Crippen molar-refractivity contribution in [3.8, 4) is 17.0 Å². The molecule has 1 aromatic heterocycles. The number of nitrogens with one attached hydrogen (secondary N) is 1. The van der Waals surface area contributed by atoms with Crippen LogP contribution in [-0.4, -0.2) is 35.5 Å². The Morgan fingerprint density at radius 2 is 1.69 bits per heavy atom. The van der Waals surface area contributed by atoms with Crippen molar-refractivity contribution in [2.75, 3.05) is 19.4 Å². The van der Waals surface area contributed by atoms with Crippen molar-refractivity contribution in [3.63, 3.8) is 0 Å². The molecule has 0 saturated heterocycles. The average Bonchev–Trinajstić information content (AvgIpc) is 2.78. The zero-order valence-corrected chi connectivity index (χ0v) is 17.5. The Morgan fingerprint density at radius 1 is 0.966 bits per heavy atom. The van der Waals surface area contributed by atoms with Gasteiger partial charge in [-0.05, 0) is 48.2 Å². The molecule has 150 valence electrons. The van der Waals surface area contributed by atoms with Crippen LogP contribution < -0.4 is 10.1 Å². The van der Waals surface area contributed by atoms with E-state index in [0.29, 0.717) is 12.3 Å². The number of thioether (sulfide) groups is 1. The molecule has 6 heteroatoms. The van der Waals surface area contributed by atoms with Crippen LogP contribution in [0.1, 0.15) is 18.1 Å². The number of ether oxygens (including phenoxy) is 1. The molecule has 5 nitrogen and oxygen atoms in total. The van der Waals surface area contributed by atoms with Crippen molar-refractivity contribution in [3.05, 3.63) is 71.8 Å². The maximum Gasteiger partial charge on any atom is 0.230 e. The van der Waals surface area contributed by atoms with E-state index >= 15 is 0 Å². The minimum absolute atomic E-state index is 0.00968. The zero-order chi connectivity index (χ0) is 20.5. The second-order valence-corrected chi connectivity index (χ2v) is 7.54. The van der Waals surface area contributed by atoms with E-state index in [1.807, 2.05) is 36.4 Å². The quantitative estimate of drug-likeness (QED) is 0.540. The van der Waals surface area contributed by atoms with Gasteiger partial charge in [-0.2, -0.15) is 0 Å². The summed E-state index contributed by atoms with van der Waals surface area (Å²) >= 11 is 1.39. The minimum atomic E-state index is -0.00968. The molecule has 0 unspecified atom stereocenters. The Bertz CT molecular complexity index is 910. The van der Waals surface area contributed by atoms with E-state index in [1.165, 1.54) is 17.3 Å². The lowest BCUT2D eigenvalue weighted by atomic mass is 10.1. The highest BCUT2D eigenvalue weighted by atomic mass is 32.2. The lowest BCUT2D eigenvalue weighted by Gasteiger charge is -2.06. The Morgan fingerprint density at radius 3 is 2.31 bits per heavy atom. The largest absolute Gasteiger partial charge is 0.497 e. The van der Waals surface area contributed by atoms with Crippen LogP contribution >= 0.6 is 11.8 Å². The van der Waals surface area contributed by atoms with Gasteiger partial charge in [0.1, 0.15) is 10.8 Å². The summed E-state index contributed by atoms with van der Waals surface area (Å²) in [4.78, 5) is 12.1. The molecule has 0 aliphatic heterocycles. The standard InChI is InChI=1S/C23H25N3O2S/c1-3-17-4-8-19(9-5-17)21-12-13-23(26-25-21)29-16-22(27)24-15-14-18-6-10-20(28-2)11-7-18/h4-13H,3,14-16H2,1-2H3,(H,24,27). The van der Waals surface area contributed by atoms with Gasteiger partial charge >= 0.3 is 0 Å². The summed E-state index contributed by atoms with van der Waals surface area (Å²) in [6.45, 7) is 2.74. The molecule has 1 N–H and O–H groups in total. The first-order valence-electron chi connectivity index (χ1n) is 9.63. The van der Waals surface area contributed by atoms with Crippen molar-refractivity contribution < 1.29 is 9.53 Å². The summed E-state index contributed by atoms with van der Waals surface area (Å²) in [5.41, 5.74) is 4.34. The van der Waals surface area contributed by atoms with Gasteiger partial charge in [-0.15, -0.1) is 10.2 Å². The number of nitrogens with zero attached hydrogens (tertiary/aromatic N) is 2. The molecule has 0 aliphatic rings. The van der Waals surface area contributed by atoms with Crippen LogP contribution in [0.25, 0.3) is 11.3 Å². The van der Waals surface area contributed by atoms with Gasteiger partial charge in [0, 0.05) is 12.1 Å². The summed E-state index contributed by atoms with van der Waals surface area (Å²) in [5, 5.41) is 12.2. The Balaban J connectivity index is 1.42. The maximum absolute atomic E-state index is 12.1. The van der Waals surface area contributed by atoms with Gasteiger partial charge in [-0.3, -0.25) is 4.79 Å². The topological polar surface area (TPSA) is 64.1 Å². The molecule has 0 atom stereocenters. The smallest absolute Gasteiger partial charge is 0.230 e. The summed E-state index contributed by atoms with van der Waals surface area (Å²) in [5.74, 6) is 1.14. The highest BCUT2D eigenvalue weighted by Crippen LogP contribution is 2.20. The van der Waals surface area contributed by atoms with Crippen molar-refractivity contribution in [1.29, 1.82) is 0 Å². The number of hydrogen-bond donors (Lipinski definition) is 1. The molecule has 0 fully saturated rings. The van der Waals surface area contributed by atoms with Gasteiger partial charge in [0.2, 0.25) is 5.91 Å². The molecular weight excluding hydrogens is 382 g/mol. The third kappa shape index (κ3) is 6.32. The van der Waals surface area contributed by atoms with Crippen LogP contribution in [0.3, 0.4) is 0 Å². The van der Waals surface area contributed by atoms with Crippen molar-refractivity contribution in [1.82, 2.24) is 15.5 Å². The van der Waals surface area contributed by atoms with Crippen LogP contribution in [-0.2, 0) is 17.6 Å². The normalized spacial score (nSPS) is 10.6. The molecule has 0 radical (unpaired) electrons. The fourth-order valence-electron chi connectivity index (χ4n) is 2.79. The first-order valence-corrected chi connectivity index (χ1v) is 10.6. The first-order chi connectivity index (χ1) is 14.2. The highest BCUT2D eigenvalue weighted by Gasteiger charge is 2.06. The molecule has 3 rings (SSSR count). The van der Waals surface area contributed by atoms with E-state index in [0.717, 1.165) is 40.4 Å². The number of methoxy groups -OCH3 is 1. The number of benzene rings is 2. The fourth-order valence-corrected chi connectivity index (χ4v) is 3.44. The number of carbonyl (C=O) groups excluding carboxylic acids is 1. The predicted octanol–water partition coefficient (Wildman–Crippen LogP) is 4.17. The second kappa shape index (κ2) is 10.6. The molecular formula is C23H25N3O2S. The van der Waals surface area contributed by atoms with E-state index in [-0.39, 0.29) is 5.91 Å². The van der Waals surface area contributed by atoms with E-state index in [1.54, 1.807) is 7.11 Å². The lowest BCUT2D eigenvalue weighted by molar-refractivity contribution is -0.118. The lowest BCUT2D eigenvalue weighted by Crippen LogP contribution is -2.27. The summed E-state index contributed by atoms with van der Waals surface area (Å²) in [7, 11) is 1.65. The van der Waals surface area contributed by atoms with Gasteiger partial charge in [-0.25, -0.2) is 0 Å². The fraction of sp³-hybridized carbons (Fsp3) is 0.261. The molecule has 1 amide bonds. The van der Waals surface area contributed by atoms with Gasteiger partial charge in [0.15, 0.2) is 0 Å². The van der Waals surface area contributed by atoms with Crippen LogP contribution in [0.2, 0.25) is 0 Å². The molecule has 0 spiro atoms. The maximum atomic E-state index is 12.1. The monoisotopic (exact) mass is 407 g/mol. The highest BCUT2D eigenvalue weighted by molar-refractivity contribution is 7.99. The SMILES string of the molecule is CCc1ccc(-c2ccc(SCC(=O)NCCc3ccc(OC)cc3)nn2)cc1. The predicted molar refractivity (Wildman–Crippen MR) is 117 cm³/mol. The van der Waals surface area contributed by atoms with E-state index in [4.69, 9.17) is 4.74 Å². The van der Waals surface area contributed by atoms with E-state index in [9.17, 15) is 4.79 Å². The second-order valence-electron chi connectivity index (χ2n) is 6.54. The van der Waals surface area contributed by atoms with Crippen LogP contribution in [0.4, 0.5) is 0 Å². The molecule has 3 aromatic rings. The summed E-state index contributed by atoms with van der Waals surface area (Å²) in [6.07, 6.45) is 1.80. The first kappa shape index (κ1) is 20.9. The molecule has 1 heterocycles. The number of carbonyl (C=O) groups is 1. The van der Waals surface area contributed by atoms with Gasteiger partial charge < -0.3 is 10.1 Å². The van der Waals surface area contributed by atoms with E-state index < -0.39 is 0 Å². The average molecular weight is 408 g/mol. The van der Waals surface area contributed by atoms with Crippen molar-refractivity contribution in [2.24, 2.45) is 0 Å². The molecule has 0 bridgehead atoms.